The zero-order chi connectivity index (χ0) is 19.8. The number of hydrogen-bond acceptors (Lipinski definition) is 6. The monoisotopic (exact) mass is 389 g/mol. The minimum atomic E-state index is -5.07. The molecule has 0 saturated carbocycles. The van der Waals surface area contributed by atoms with Crippen LogP contribution < -0.4 is 5.32 Å². The van der Waals surface area contributed by atoms with Crippen LogP contribution >= 0.6 is 0 Å². The molecule has 2 aliphatic heterocycles. The maximum atomic E-state index is 12.7. The lowest BCUT2D eigenvalue weighted by atomic mass is 10.1. The van der Waals surface area contributed by atoms with E-state index in [0.29, 0.717) is 0 Å². The average Bonchev–Trinajstić information content (AvgIpc) is 3.05. The van der Waals surface area contributed by atoms with E-state index < -0.39 is 48.4 Å². The number of halogens is 3. The molecule has 0 unspecified atom stereocenters. The Morgan fingerprint density at radius 2 is 1.85 bits per heavy atom. The van der Waals surface area contributed by atoms with E-state index in [-0.39, 0.29) is 12.2 Å². The smallest absolute Gasteiger partial charge is 0.459 e. The lowest BCUT2D eigenvalue weighted by molar-refractivity contribution is -0.211. The number of amides is 1. The molecule has 1 aromatic rings. The topological polar surface area (TPSA) is 83.1 Å². The van der Waals surface area contributed by atoms with Crippen molar-refractivity contribution >= 4 is 11.9 Å². The summed E-state index contributed by atoms with van der Waals surface area (Å²) in [7, 11) is 0. The second-order valence-corrected chi connectivity index (χ2v) is 6.60. The predicted octanol–water partition coefficient (Wildman–Crippen LogP) is 1.77. The van der Waals surface area contributed by atoms with Crippen molar-refractivity contribution in [3.63, 3.8) is 0 Å². The fraction of sp³-hybridized carbons (Fsp3) is 0.529. The van der Waals surface area contributed by atoms with E-state index in [1.165, 1.54) is 12.1 Å². The number of ether oxygens (including phenoxy) is 4. The van der Waals surface area contributed by atoms with Crippen LogP contribution in [-0.4, -0.2) is 55.0 Å². The van der Waals surface area contributed by atoms with Crippen LogP contribution in [0.3, 0.4) is 0 Å². The molecule has 0 aromatic heterocycles. The van der Waals surface area contributed by atoms with E-state index in [2.05, 4.69) is 0 Å². The number of rotatable bonds is 4. The molecule has 0 bridgehead atoms. The molecule has 2 heterocycles. The number of hydrogen-bond donors (Lipinski definition) is 1. The van der Waals surface area contributed by atoms with Crippen molar-refractivity contribution in [2.45, 2.75) is 50.4 Å². The van der Waals surface area contributed by atoms with Crippen LogP contribution in [0.15, 0.2) is 30.3 Å². The van der Waals surface area contributed by atoms with Gasteiger partial charge in [0.25, 0.3) is 0 Å². The van der Waals surface area contributed by atoms with Gasteiger partial charge in [0.2, 0.25) is 0 Å². The van der Waals surface area contributed by atoms with Crippen molar-refractivity contribution in [3.8, 4) is 0 Å². The summed E-state index contributed by atoms with van der Waals surface area (Å²) in [6.45, 7) is 2.76. The summed E-state index contributed by atoms with van der Waals surface area (Å²) in [4.78, 5) is 23.4. The molecule has 10 heteroatoms. The quantitative estimate of drug-likeness (QED) is 0.791. The van der Waals surface area contributed by atoms with Crippen molar-refractivity contribution in [3.05, 3.63) is 35.9 Å². The first kappa shape index (κ1) is 19.6. The minimum absolute atomic E-state index is 0.278. The number of carbonyl (C=O) groups excluding carboxylic acids is 2. The Labute approximate surface area is 152 Å². The van der Waals surface area contributed by atoms with Gasteiger partial charge in [-0.3, -0.25) is 4.79 Å². The summed E-state index contributed by atoms with van der Waals surface area (Å²) in [5, 5.41) is 1.86. The molecule has 1 aromatic carbocycles. The first-order chi connectivity index (χ1) is 12.6. The number of carbonyl (C=O) groups is 2. The van der Waals surface area contributed by atoms with Crippen LogP contribution in [0.2, 0.25) is 0 Å². The molecule has 148 valence electrons. The highest BCUT2D eigenvalue weighted by molar-refractivity contribution is 5.89. The fourth-order valence-electron chi connectivity index (χ4n) is 2.94. The number of benzene rings is 1. The van der Waals surface area contributed by atoms with Gasteiger partial charge in [-0.05, 0) is 26.0 Å². The van der Waals surface area contributed by atoms with Gasteiger partial charge < -0.3 is 24.3 Å². The van der Waals surface area contributed by atoms with Crippen molar-refractivity contribution in [1.82, 2.24) is 5.32 Å². The Hall–Kier alpha value is -2.17. The van der Waals surface area contributed by atoms with Gasteiger partial charge in [-0.25, -0.2) is 4.79 Å². The molecular weight excluding hydrogens is 371 g/mol. The molecule has 2 aliphatic rings. The molecule has 0 spiro atoms. The standard InChI is InChI=1S/C17H18F3NO6/c1-16(2)26-12-11(21-15(23)17(18,19)20)10(25-14(12)27-16)8-24-13(22)9-6-4-3-5-7-9/h3-7,10-12,14H,8H2,1-2H3,(H,21,23)/t10-,11-,12-,14-/m1/s1. The van der Waals surface area contributed by atoms with Gasteiger partial charge in [0, 0.05) is 0 Å². The second kappa shape index (κ2) is 7.10. The largest absolute Gasteiger partial charge is 0.471 e. The summed E-state index contributed by atoms with van der Waals surface area (Å²) >= 11 is 0. The third kappa shape index (κ3) is 4.40. The molecule has 0 radical (unpaired) electrons. The summed E-state index contributed by atoms with van der Waals surface area (Å²) in [6.07, 6.45) is -8.08. The number of fused-ring (bicyclic) bond motifs is 1. The van der Waals surface area contributed by atoms with Gasteiger partial charge in [-0.15, -0.1) is 0 Å². The highest BCUT2D eigenvalue weighted by Gasteiger charge is 2.56. The zero-order valence-electron chi connectivity index (χ0n) is 14.5. The second-order valence-electron chi connectivity index (χ2n) is 6.60. The van der Waals surface area contributed by atoms with Crippen molar-refractivity contribution < 1.29 is 41.7 Å². The highest BCUT2D eigenvalue weighted by Crippen LogP contribution is 2.38. The van der Waals surface area contributed by atoms with E-state index in [1.54, 1.807) is 32.0 Å². The van der Waals surface area contributed by atoms with Crippen LogP contribution in [0.4, 0.5) is 13.2 Å². The summed E-state index contributed by atoms with van der Waals surface area (Å²) in [6, 6.07) is 6.87. The lowest BCUT2D eigenvalue weighted by Gasteiger charge is -2.26. The minimum Gasteiger partial charge on any atom is -0.459 e. The molecule has 2 fully saturated rings. The molecule has 3 rings (SSSR count). The Bertz CT molecular complexity index is 708. The number of nitrogens with one attached hydrogen (secondary N) is 1. The van der Waals surface area contributed by atoms with Gasteiger partial charge in [0.15, 0.2) is 12.1 Å². The summed E-state index contributed by atoms with van der Waals surface area (Å²) in [5.41, 5.74) is 0.278. The van der Waals surface area contributed by atoms with Crippen LogP contribution in [0.25, 0.3) is 0 Å². The SMILES string of the molecule is CC1(C)O[C@H]2O[C@H](COC(=O)c3ccccc3)[C@@H](NC(=O)C(F)(F)F)[C@H]2O1. The van der Waals surface area contributed by atoms with Gasteiger partial charge >= 0.3 is 18.1 Å². The first-order valence-corrected chi connectivity index (χ1v) is 8.18. The Morgan fingerprint density at radius 3 is 2.48 bits per heavy atom. The van der Waals surface area contributed by atoms with Gasteiger partial charge in [0.05, 0.1) is 11.6 Å². The molecule has 4 atom stereocenters. The molecule has 1 amide bonds. The van der Waals surface area contributed by atoms with Crippen LogP contribution in [-0.2, 0) is 23.7 Å². The average molecular weight is 389 g/mol. The number of esters is 1. The lowest BCUT2D eigenvalue weighted by Crippen LogP contribution is -2.53. The van der Waals surface area contributed by atoms with E-state index >= 15 is 0 Å². The Morgan fingerprint density at radius 1 is 1.19 bits per heavy atom. The molecule has 1 N–H and O–H groups in total. The van der Waals surface area contributed by atoms with Gasteiger partial charge in [-0.2, -0.15) is 13.2 Å². The van der Waals surface area contributed by atoms with Gasteiger partial charge in [0.1, 0.15) is 18.8 Å². The van der Waals surface area contributed by atoms with Crippen LogP contribution in [0.5, 0.6) is 0 Å². The third-order valence-electron chi connectivity index (χ3n) is 4.09. The van der Waals surface area contributed by atoms with E-state index in [4.69, 9.17) is 18.9 Å². The zero-order valence-corrected chi connectivity index (χ0v) is 14.5. The maximum Gasteiger partial charge on any atom is 0.471 e. The van der Waals surface area contributed by atoms with Crippen molar-refractivity contribution in [2.75, 3.05) is 6.61 Å². The van der Waals surface area contributed by atoms with Crippen molar-refractivity contribution in [1.29, 1.82) is 0 Å². The van der Waals surface area contributed by atoms with Crippen LogP contribution in [0, 0.1) is 0 Å². The highest BCUT2D eigenvalue weighted by atomic mass is 19.4. The first-order valence-electron chi connectivity index (χ1n) is 8.18. The van der Waals surface area contributed by atoms with Crippen LogP contribution in [0.1, 0.15) is 24.2 Å². The van der Waals surface area contributed by atoms with Gasteiger partial charge in [-0.1, -0.05) is 18.2 Å². The predicted molar refractivity (Wildman–Crippen MR) is 83.4 cm³/mol. The molecule has 0 aliphatic carbocycles. The molecule has 27 heavy (non-hydrogen) atoms. The van der Waals surface area contributed by atoms with E-state index in [0.717, 1.165) is 0 Å². The molecular formula is C17H18F3NO6. The Balaban J connectivity index is 1.69. The molecule has 2 saturated heterocycles. The van der Waals surface area contributed by atoms with Crippen molar-refractivity contribution in [2.24, 2.45) is 0 Å². The third-order valence-corrected chi connectivity index (χ3v) is 4.09. The Kier molecular flexibility index (Phi) is 5.15. The fourth-order valence-corrected chi connectivity index (χ4v) is 2.94. The maximum absolute atomic E-state index is 12.7. The number of alkyl halides is 3. The molecule has 7 nitrogen and oxygen atoms in total. The van der Waals surface area contributed by atoms with E-state index in [1.807, 2.05) is 5.32 Å². The summed E-state index contributed by atoms with van der Waals surface area (Å²) in [5.74, 6) is -3.88. The summed E-state index contributed by atoms with van der Waals surface area (Å²) < 4.78 is 59.6. The van der Waals surface area contributed by atoms with E-state index in [9.17, 15) is 22.8 Å². The normalized spacial score (nSPS) is 29.2.